The van der Waals surface area contributed by atoms with Crippen LogP contribution in [-0.2, 0) is 0 Å². The summed E-state index contributed by atoms with van der Waals surface area (Å²) in [7, 11) is 0. The molecule has 0 aliphatic heterocycles. The number of hydrogen-bond donors (Lipinski definition) is 0. The number of benzene rings is 3. The minimum Gasteiger partial charge on any atom is -0.0622 e. The van der Waals surface area contributed by atoms with E-state index in [1.54, 1.807) is 0 Å². The van der Waals surface area contributed by atoms with Crippen LogP contribution in [0.2, 0.25) is 0 Å². The molecular weight excluding hydrogens is 344 g/mol. The van der Waals surface area contributed by atoms with E-state index in [4.69, 9.17) is 0 Å². The summed E-state index contributed by atoms with van der Waals surface area (Å²) in [6.07, 6.45) is 2.29. The maximum Gasteiger partial charge on any atom is 0.0283 e. The predicted octanol–water partition coefficient (Wildman–Crippen LogP) is 6.56. The van der Waals surface area contributed by atoms with Crippen LogP contribution < -0.4 is 0 Å². The average Bonchev–Trinajstić information content (AvgIpc) is 2.61. The summed E-state index contributed by atoms with van der Waals surface area (Å²) < 4.78 is 1.12. The van der Waals surface area contributed by atoms with E-state index in [2.05, 4.69) is 114 Å². The first-order valence-electron chi connectivity index (χ1n) is 7.78. The lowest BCUT2D eigenvalue weighted by atomic mass is 9.90. The van der Waals surface area contributed by atoms with Crippen molar-refractivity contribution in [3.8, 4) is 0 Å². The van der Waals surface area contributed by atoms with Gasteiger partial charge in [-0.2, -0.15) is 0 Å². The zero-order valence-corrected chi connectivity index (χ0v) is 14.7. The maximum atomic E-state index is 3.77. The minimum absolute atomic E-state index is 0.230. The maximum absolute atomic E-state index is 3.77. The molecular formula is C22H19Br. The lowest BCUT2D eigenvalue weighted by molar-refractivity contribution is 1.03. The monoisotopic (exact) mass is 362 g/mol. The van der Waals surface area contributed by atoms with Gasteiger partial charge in [-0.25, -0.2) is 0 Å². The molecule has 0 atom stereocenters. The molecule has 0 N–H and O–H groups in total. The smallest absolute Gasteiger partial charge is 0.0283 e. The van der Waals surface area contributed by atoms with Gasteiger partial charge >= 0.3 is 0 Å². The molecule has 0 unspecified atom stereocenters. The summed E-state index contributed by atoms with van der Waals surface area (Å²) >= 11 is 3.77. The van der Waals surface area contributed by atoms with Gasteiger partial charge in [0.15, 0.2) is 0 Å². The third-order valence-corrected chi connectivity index (χ3v) is 4.68. The Morgan fingerprint density at radius 3 is 1.70 bits per heavy atom. The Balaban J connectivity index is 2.02. The molecule has 23 heavy (non-hydrogen) atoms. The van der Waals surface area contributed by atoms with Gasteiger partial charge in [0.1, 0.15) is 0 Å². The fourth-order valence-electron chi connectivity index (χ4n) is 2.66. The molecule has 3 rings (SSSR count). The average molecular weight is 363 g/mol. The van der Waals surface area contributed by atoms with Crippen LogP contribution in [0.15, 0.2) is 91.0 Å². The van der Waals surface area contributed by atoms with Crippen molar-refractivity contribution in [1.82, 2.24) is 0 Å². The van der Waals surface area contributed by atoms with E-state index in [1.807, 2.05) is 0 Å². The second kappa shape index (κ2) is 7.43. The Morgan fingerprint density at radius 2 is 1.22 bits per heavy atom. The van der Waals surface area contributed by atoms with Gasteiger partial charge in [-0.15, -0.1) is 0 Å². The van der Waals surface area contributed by atoms with E-state index in [0.717, 1.165) is 4.48 Å². The predicted molar refractivity (Wildman–Crippen MR) is 103 cm³/mol. The standard InChI is InChI=1S/C22H19Br/c1-17-12-14-20(15-13-17)22(23)16-21(18-8-4-2-5-9-18)19-10-6-3-7-11-19/h2-16,21H,1H3/b22-16+. The molecule has 3 aromatic carbocycles. The first kappa shape index (κ1) is 15.8. The van der Waals surface area contributed by atoms with Gasteiger partial charge in [0.2, 0.25) is 0 Å². The van der Waals surface area contributed by atoms with Gasteiger partial charge < -0.3 is 0 Å². The van der Waals surface area contributed by atoms with Crippen molar-refractivity contribution in [3.63, 3.8) is 0 Å². The molecule has 0 saturated heterocycles. The molecule has 0 saturated carbocycles. The Bertz CT molecular complexity index is 732. The summed E-state index contributed by atoms with van der Waals surface area (Å²) in [6, 6.07) is 29.8. The highest BCUT2D eigenvalue weighted by Crippen LogP contribution is 2.32. The van der Waals surface area contributed by atoms with Crippen molar-refractivity contribution in [1.29, 1.82) is 0 Å². The fourth-order valence-corrected chi connectivity index (χ4v) is 3.19. The summed E-state index contributed by atoms with van der Waals surface area (Å²) in [5.74, 6) is 0.230. The topological polar surface area (TPSA) is 0 Å². The van der Waals surface area contributed by atoms with Crippen molar-refractivity contribution in [3.05, 3.63) is 113 Å². The van der Waals surface area contributed by atoms with E-state index in [1.165, 1.54) is 22.3 Å². The first-order valence-corrected chi connectivity index (χ1v) is 8.57. The highest BCUT2D eigenvalue weighted by molar-refractivity contribution is 9.15. The Morgan fingerprint density at radius 1 is 0.739 bits per heavy atom. The third-order valence-electron chi connectivity index (χ3n) is 3.96. The van der Waals surface area contributed by atoms with Crippen molar-refractivity contribution in [2.75, 3.05) is 0 Å². The zero-order chi connectivity index (χ0) is 16.1. The van der Waals surface area contributed by atoms with E-state index in [9.17, 15) is 0 Å². The number of rotatable bonds is 4. The summed E-state index contributed by atoms with van der Waals surface area (Å²) in [4.78, 5) is 0. The van der Waals surface area contributed by atoms with Crippen LogP contribution in [0.25, 0.3) is 4.48 Å². The summed E-state index contributed by atoms with van der Waals surface area (Å²) in [6.45, 7) is 2.11. The minimum atomic E-state index is 0.230. The highest BCUT2D eigenvalue weighted by Gasteiger charge is 2.12. The van der Waals surface area contributed by atoms with Crippen molar-refractivity contribution >= 4 is 20.4 Å². The van der Waals surface area contributed by atoms with Gasteiger partial charge in [-0.1, -0.05) is 112 Å². The molecule has 114 valence electrons. The molecule has 0 bridgehead atoms. The zero-order valence-electron chi connectivity index (χ0n) is 13.1. The highest BCUT2D eigenvalue weighted by atomic mass is 79.9. The van der Waals surface area contributed by atoms with Crippen LogP contribution in [0.4, 0.5) is 0 Å². The lowest BCUT2D eigenvalue weighted by Crippen LogP contribution is -1.98. The number of halogens is 1. The molecule has 0 radical (unpaired) electrons. The van der Waals surface area contributed by atoms with Crippen molar-refractivity contribution < 1.29 is 0 Å². The molecule has 1 heteroatoms. The van der Waals surface area contributed by atoms with Gasteiger partial charge in [0, 0.05) is 10.4 Å². The quantitative estimate of drug-likeness (QED) is 0.492. The van der Waals surface area contributed by atoms with E-state index in [-0.39, 0.29) is 5.92 Å². The van der Waals surface area contributed by atoms with Crippen LogP contribution in [0.1, 0.15) is 28.2 Å². The molecule has 0 nitrogen and oxygen atoms in total. The summed E-state index contributed by atoms with van der Waals surface area (Å²) in [5, 5.41) is 0. The lowest BCUT2D eigenvalue weighted by Gasteiger charge is -2.15. The SMILES string of the molecule is Cc1ccc(/C(Br)=C\C(c2ccccc2)c2ccccc2)cc1. The van der Waals surface area contributed by atoms with Gasteiger partial charge in [-0.05, 0) is 23.6 Å². The Kier molecular flexibility index (Phi) is 5.09. The van der Waals surface area contributed by atoms with Crippen LogP contribution >= 0.6 is 15.9 Å². The van der Waals surface area contributed by atoms with Gasteiger partial charge in [0.25, 0.3) is 0 Å². The molecule has 0 aliphatic rings. The van der Waals surface area contributed by atoms with Crippen LogP contribution in [-0.4, -0.2) is 0 Å². The molecule has 0 fully saturated rings. The van der Waals surface area contributed by atoms with E-state index < -0.39 is 0 Å². The second-order valence-corrected chi connectivity index (χ2v) is 6.53. The molecule has 0 heterocycles. The molecule has 0 aromatic heterocycles. The number of hydrogen-bond acceptors (Lipinski definition) is 0. The van der Waals surface area contributed by atoms with Crippen molar-refractivity contribution in [2.24, 2.45) is 0 Å². The van der Waals surface area contributed by atoms with Crippen LogP contribution in [0.3, 0.4) is 0 Å². The molecule has 0 spiro atoms. The van der Waals surface area contributed by atoms with Gasteiger partial charge in [-0.3, -0.25) is 0 Å². The van der Waals surface area contributed by atoms with E-state index in [0.29, 0.717) is 0 Å². The van der Waals surface area contributed by atoms with E-state index >= 15 is 0 Å². The van der Waals surface area contributed by atoms with Gasteiger partial charge in [0.05, 0.1) is 0 Å². The number of allylic oxidation sites excluding steroid dienone is 1. The third kappa shape index (κ3) is 4.00. The van der Waals surface area contributed by atoms with Crippen LogP contribution in [0, 0.1) is 6.92 Å². The first-order chi connectivity index (χ1) is 11.2. The fraction of sp³-hybridized carbons (Fsp3) is 0.0909. The second-order valence-electron chi connectivity index (χ2n) is 5.68. The Hall–Kier alpha value is -2.12. The normalized spacial score (nSPS) is 11.7. The largest absolute Gasteiger partial charge is 0.0622 e. The van der Waals surface area contributed by atoms with Crippen molar-refractivity contribution in [2.45, 2.75) is 12.8 Å². The molecule has 0 aliphatic carbocycles. The number of aryl methyl sites for hydroxylation is 1. The molecule has 0 amide bonds. The molecule has 3 aromatic rings. The summed E-state index contributed by atoms with van der Waals surface area (Å²) in [5.41, 5.74) is 5.06. The van der Waals surface area contributed by atoms with Crippen LogP contribution in [0.5, 0.6) is 0 Å². The Labute approximate surface area is 146 Å².